The first kappa shape index (κ1) is 24.4. The van der Waals surface area contributed by atoms with Gasteiger partial charge in [-0.05, 0) is 33.0 Å². The van der Waals surface area contributed by atoms with Crippen molar-refractivity contribution in [1.29, 1.82) is 0 Å². The topological polar surface area (TPSA) is 57.5 Å². The lowest BCUT2D eigenvalue weighted by atomic mass is 10.1. The minimum absolute atomic E-state index is 0. The largest absolute Gasteiger partial charge is 0.356 e. The summed E-state index contributed by atoms with van der Waals surface area (Å²) in [4.78, 5) is 6.98. The van der Waals surface area contributed by atoms with E-state index in [0.717, 1.165) is 31.9 Å². The molecule has 1 heterocycles. The van der Waals surface area contributed by atoms with Gasteiger partial charge in [-0.2, -0.15) is 5.10 Å². The second-order valence-corrected chi connectivity index (χ2v) is 7.24. The molecule has 0 aliphatic carbocycles. The maximum Gasteiger partial charge on any atom is 0.191 e. The summed E-state index contributed by atoms with van der Waals surface area (Å²) in [7, 11) is 6.13. The van der Waals surface area contributed by atoms with E-state index < -0.39 is 0 Å². The van der Waals surface area contributed by atoms with E-state index in [2.05, 4.69) is 79.0 Å². The number of unbranched alkanes of at least 4 members (excludes halogenated alkanes) is 1. The fraction of sp³-hybridized carbons (Fsp3) is 0.524. The smallest absolute Gasteiger partial charge is 0.191 e. The predicted molar refractivity (Wildman–Crippen MR) is 128 cm³/mol. The Balaban J connectivity index is 0.00000392. The third-order valence-electron chi connectivity index (χ3n) is 4.56. The van der Waals surface area contributed by atoms with Crippen molar-refractivity contribution in [2.24, 2.45) is 12.0 Å². The highest BCUT2D eigenvalue weighted by atomic mass is 127. The first-order chi connectivity index (χ1) is 13.0. The highest BCUT2D eigenvalue weighted by Gasteiger charge is 2.16. The molecular formula is C21H35IN6. The van der Waals surface area contributed by atoms with Gasteiger partial charge in [0.25, 0.3) is 0 Å². The van der Waals surface area contributed by atoms with Crippen LogP contribution in [-0.2, 0) is 13.6 Å². The molecule has 0 bridgehead atoms. The van der Waals surface area contributed by atoms with Gasteiger partial charge in [0.1, 0.15) is 0 Å². The molecule has 0 fully saturated rings. The Morgan fingerprint density at radius 2 is 1.93 bits per heavy atom. The van der Waals surface area contributed by atoms with E-state index in [4.69, 9.17) is 4.99 Å². The van der Waals surface area contributed by atoms with Crippen LogP contribution >= 0.6 is 24.0 Å². The van der Waals surface area contributed by atoms with E-state index in [1.54, 1.807) is 0 Å². The van der Waals surface area contributed by atoms with Crippen LogP contribution < -0.4 is 10.6 Å². The fourth-order valence-electron chi connectivity index (χ4n) is 2.83. The molecule has 0 amide bonds. The summed E-state index contributed by atoms with van der Waals surface area (Å²) in [6.45, 7) is 6.66. The third kappa shape index (κ3) is 8.18. The molecule has 1 unspecified atom stereocenters. The number of guanidine groups is 1. The van der Waals surface area contributed by atoms with Gasteiger partial charge in [0, 0.05) is 31.9 Å². The monoisotopic (exact) mass is 498 g/mol. The third-order valence-corrected chi connectivity index (χ3v) is 4.56. The number of aromatic nitrogens is 2. The zero-order chi connectivity index (χ0) is 19.6. The van der Waals surface area contributed by atoms with Crippen molar-refractivity contribution in [3.8, 4) is 0 Å². The Labute approximate surface area is 186 Å². The summed E-state index contributed by atoms with van der Waals surface area (Å²) in [6, 6.07) is 8.78. The van der Waals surface area contributed by atoms with Gasteiger partial charge in [0.2, 0.25) is 0 Å². The Bertz CT molecular complexity index is 708. The predicted octanol–water partition coefficient (Wildman–Crippen LogP) is 3.48. The molecule has 0 aliphatic rings. The molecule has 1 aromatic carbocycles. The van der Waals surface area contributed by atoms with Crippen molar-refractivity contribution in [3.63, 3.8) is 0 Å². The van der Waals surface area contributed by atoms with Gasteiger partial charge in [-0.15, -0.1) is 24.0 Å². The first-order valence-corrected chi connectivity index (χ1v) is 9.72. The number of nitrogens with zero attached hydrogens (tertiary/aromatic N) is 4. The SMILES string of the molecule is CCCCNC(=NCc1ccc(C)cc1)NCC(c1cnn(C)c1)N(C)C.I. The van der Waals surface area contributed by atoms with Crippen LogP contribution in [0.15, 0.2) is 41.7 Å². The second kappa shape index (κ2) is 12.8. The minimum Gasteiger partial charge on any atom is -0.356 e. The number of hydrogen-bond donors (Lipinski definition) is 2. The van der Waals surface area contributed by atoms with Crippen LogP contribution in [0.4, 0.5) is 0 Å². The summed E-state index contributed by atoms with van der Waals surface area (Å²) >= 11 is 0. The molecule has 1 atom stereocenters. The quantitative estimate of drug-likeness (QED) is 0.241. The van der Waals surface area contributed by atoms with Crippen LogP contribution in [0.3, 0.4) is 0 Å². The number of aliphatic imine (C=N–C) groups is 1. The van der Waals surface area contributed by atoms with Crippen LogP contribution in [0.2, 0.25) is 0 Å². The maximum absolute atomic E-state index is 4.78. The van der Waals surface area contributed by atoms with Gasteiger partial charge in [-0.1, -0.05) is 43.2 Å². The number of aryl methyl sites for hydroxylation is 2. The van der Waals surface area contributed by atoms with Crippen molar-refractivity contribution < 1.29 is 0 Å². The summed E-state index contributed by atoms with van der Waals surface area (Å²) in [5.41, 5.74) is 3.68. The lowest BCUT2D eigenvalue weighted by molar-refractivity contribution is 0.298. The van der Waals surface area contributed by atoms with Crippen LogP contribution in [0.1, 0.15) is 42.5 Å². The molecule has 0 radical (unpaired) electrons. The standard InChI is InChI=1S/C21H34N6.HI/c1-6-7-12-22-21(23-13-18-10-8-17(2)9-11-18)24-15-20(26(3)4)19-14-25-27(5)16-19;/h8-11,14,16,20H,6-7,12-13,15H2,1-5H3,(H2,22,23,24);1H. The van der Waals surface area contributed by atoms with Crippen LogP contribution in [-0.4, -0.2) is 47.8 Å². The first-order valence-electron chi connectivity index (χ1n) is 9.72. The van der Waals surface area contributed by atoms with E-state index in [0.29, 0.717) is 6.54 Å². The van der Waals surface area contributed by atoms with Crippen molar-refractivity contribution in [2.45, 2.75) is 39.3 Å². The number of hydrogen-bond acceptors (Lipinski definition) is 3. The van der Waals surface area contributed by atoms with Crippen molar-refractivity contribution >= 4 is 29.9 Å². The molecule has 6 nitrogen and oxygen atoms in total. The summed E-state index contributed by atoms with van der Waals surface area (Å²) in [5.74, 6) is 0.861. The minimum atomic E-state index is 0. The molecule has 7 heteroatoms. The van der Waals surface area contributed by atoms with Crippen LogP contribution in [0, 0.1) is 6.92 Å². The second-order valence-electron chi connectivity index (χ2n) is 7.24. The van der Waals surface area contributed by atoms with E-state index in [9.17, 15) is 0 Å². The normalized spacial score (nSPS) is 12.6. The molecule has 1 aromatic heterocycles. The average Bonchev–Trinajstić information content (AvgIpc) is 3.06. The molecular weight excluding hydrogens is 463 g/mol. The Morgan fingerprint density at radius 1 is 1.21 bits per heavy atom. The van der Waals surface area contributed by atoms with Gasteiger partial charge >= 0.3 is 0 Å². The molecule has 0 spiro atoms. The molecule has 28 heavy (non-hydrogen) atoms. The Morgan fingerprint density at radius 3 is 2.50 bits per heavy atom. The molecule has 2 N–H and O–H groups in total. The Kier molecular flexibility index (Phi) is 11.1. The fourth-order valence-corrected chi connectivity index (χ4v) is 2.83. The van der Waals surface area contributed by atoms with Crippen molar-refractivity contribution in [1.82, 2.24) is 25.3 Å². The van der Waals surface area contributed by atoms with Gasteiger partial charge in [0.15, 0.2) is 5.96 Å². The molecule has 156 valence electrons. The zero-order valence-electron chi connectivity index (χ0n) is 17.8. The van der Waals surface area contributed by atoms with E-state index in [1.807, 2.05) is 17.9 Å². The summed E-state index contributed by atoms with van der Waals surface area (Å²) in [6.07, 6.45) is 6.29. The van der Waals surface area contributed by atoms with Crippen LogP contribution in [0.5, 0.6) is 0 Å². The Hall–Kier alpha value is -1.61. The van der Waals surface area contributed by atoms with Crippen molar-refractivity contribution in [3.05, 3.63) is 53.3 Å². The lowest BCUT2D eigenvalue weighted by Gasteiger charge is -2.24. The van der Waals surface area contributed by atoms with Gasteiger partial charge < -0.3 is 15.5 Å². The number of nitrogens with one attached hydrogen (secondary N) is 2. The molecule has 0 aliphatic heterocycles. The number of rotatable bonds is 9. The van der Waals surface area contributed by atoms with Gasteiger partial charge in [-0.25, -0.2) is 4.99 Å². The van der Waals surface area contributed by atoms with Crippen LogP contribution in [0.25, 0.3) is 0 Å². The lowest BCUT2D eigenvalue weighted by Crippen LogP contribution is -2.42. The summed E-state index contributed by atoms with van der Waals surface area (Å²) < 4.78 is 1.84. The molecule has 0 saturated carbocycles. The molecule has 0 saturated heterocycles. The number of likely N-dealkylation sites (N-methyl/N-ethyl adjacent to an activating group) is 1. The molecule has 2 aromatic rings. The van der Waals surface area contributed by atoms with Gasteiger partial charge in [-0.3, -0.25) is 4.68 Å². The number of benzene rings is 1. The average molecular weight is 498 g/mol. The number of halogens is 1. The van der Waals surface area contributed by atoms with E-state index in [1.165, 1.54) is 16.7 Å². The van der Waals surface area contributed by atoms with Crippen molar-refractivity contribution in [2.75, 3.05) is 27.2 Å². The van der Waals surface area contributed by atoms with E-state index >= 15 is 0 Å². The van der Waals surface area contributed by atoms with E-state index in [-0.39, 0.29) is 30.0 Å². The van der Waals surface area contributed by atoms with Gasteiger partial charge in [0.05, 0.1) is 18.8 Å². The molecule has 2 rings (SSSR count). The maximum atomic E-state index is 4.78. The highest BCUT2D eigenvalue weighted by molar-refractivity contribution is 14.0. The summed E-state index contributed by atoms with van der Waals surface area (Å²) in [5, 5.41) is 11.3. The highest BCUT2D eigenvalue weighted by Crippen LogP contribution is 2.16. The zero-order valence-corrected chi connectivity index (χ0v) is 20.1.